The van der Waals surface area contributed by atoms with Crippen LogP contribution < -0.4 is 0 Å². The van der Waals surface area contributed by atoms with Crippen molar-refractivity contribution < 1.29 is 4.74 Å². The molecule has 0 N–H and O–H groups in total. The summed E-state index contributed by atoms with van der Waals surface area (Å²) in [6.07, 6.45) is 1.05. The van der Waals surface area contributed by atoms with Crippen LogP contribution in [0.5, 0.6) is 0 Å². The van der Waals surface area contributed by atoms with Crippen LogP contribution in [0.1, 0.15) is 18.4 Å². The van der Waals surface area contributed by atoms with Crippen molar-refractivity contribution in [2.75, 3.05) is 6.61 Å². The van der Waals surface area contributed by atoms with E-state index < -0.39 is 0 Å². The van der Waals surface area contributed by atoms with Crippen molar-refractivity contribution in [3.8, 4) is 11.3 Å². The molecule has 0 atom stereocenters. The highest BCUT2D eigenvalue weighted by Gasteiger charge is 2.04. The molecule has 2 rings (SSSR count). The fraction of sp³-hybridized carbons (Fsp3) is 0.308. The largest absolute Gasteiger partial charge is 0.374 e. The Balaban J connectivity index is 2.04. The molecule has 2 aromatic rings. The third-order valence-electron chi connectivity index (χ3n) is 2.27. The summed E-state index contributed by atoms with van der Waals surface area (Å²) < 4.78 is 6.56. The summed E-state index contributed by atoms with van der Waals surface area (Å²) in [7, 11) is 0. The predicted molar refractivity (Wildman–Crippen MR) is 75.2 cm³/mol. The monoisotopic (exact) mass is 311 g/mol. The zero-order valence-corrected chi connectivity index (χ0v) is 12.1. The third kappa shape index (κ3) is 3.63. The van der Waals surface area contributed by atoms with Crippen molar-refractivity contribution in [1.82, 2.24) is 4.98 Å². The van der Waals surface area contributed by atoms with Crippen molar-refractivity contribution >= 4 is 27.3 Å². The summed E-state index contributed by atoms with van der Waals surface area (Å²) in [4.78, 5) is 4.56. The van der Waals surface area contributed by atoms with Gasteiger partial charge in [-0.25, -0.2) is 4.98 Å². The van der Waals surface area contributed by atoms with Crippen LogP contribution in [0.15, 0.2) is 34.1 Å². The molecule has 0 fully saturated rings. The highest BCUT2D eigenvalue weighted by molar-refractivity contribution is 9.10. The SMILES string of the molecule is CCCOCc1nc(-c2ccc(Br)cc2)cs1. The second kappa shape index (κ2) is 6.28. The predicted octanol–water partition coefficient (Wildman–Crippen LogP) is 4.50. The summed E-state index contributed by atoms with van der Waals surface area (Å²) in [5.74, 6) is 0. The lowest BCUT2D eigenvalue weighted by atomic mass is 10.2. The highest BCUT2D eigenvalue weighted by atomic mass is 79.9. The molecule has 17 heavy (non-hydrogen) atoms. The van der Waals surface area contributed by atoms with E-state index in [1.807, 2.05) is 12.1 Å². The average Bonchev–Trinajstić information content (AvgIpc) is 2.79. The quantitative estimate of drug-likeness (QED) is 0.758. The Hall–Kier alpha value is -0.710. The van der Waals surface area contributed by atoms with Crippen LogP contribution in [0.3, 0.4) is 0 Å². The van der Waals surface area contributed by atoms with E-state index in [1.165, 1.54) is 0 Å². The van der Waals surface area contributed by atoms with Crippen LogP contribution in [-0.4, -0.2) is 11.6 Å². The van der Waals surface area contributed by atoms with Crippen molar-refractivity contribution in [2.45, 2.75) is 20.0 Å². The molecule has 0 saturated heterocycles. The van der Waals surface area contributed by atoms with Gasteiger partial charge in [-0.1, -0.05) is 35.0 Å². The Morgan fingerprint density at radius 3 is 2.76 bits per heavy atom. The minimum absolute atomic E-state index is 0.620. The van der Waals surface area contributed by atoms with Gasteiger partial charge in [-0.2, -0.15) is 0 Å². The molecule has 0 aliphatic heterocycles. The van der Waals surface area contributed by atoms with E-state index in [1.54, 1.807) is 11.3 Å². The molecule has 1 aromatic carbocycles. The molecule has 1 aromatic heterocycles. The maximum absolute atomic E-state index is 5.48. The summed E-state index contributed by atoms with van der Waals surface area (Å²) in [6.45, 7) is 3.53. The summed E-state index contributed by atoms with van der Waals surface area (Å²) in [6, 6.07) is 8.19. The van der Waals surface area contributed by atoms with Gasteiger partial charge >= 0.3 is 0 Å². The van der Waals surface area contributed by atoms with E-state index >= 15 is 0 Å². The Morgan fingerprint density at radius 1 is 1.29 bits per heavy atom. The molecule has 0 amide bonds. The van der Waals surface area contributed by atoms with E-state index in [0.717, 1.165) is 33.8 Å². The molecule has 0 aliphatic carbocycles. The van der Waals surface area contributed by atoms with Gasteiger partial charge in [-0.3, -0.25) is 0 Å². The number of halogens is 1. The highest BCUT2D eigenvalue weighted by Crippen LogP contribution is 2.23. The van der Waals surface area contributed by atoms with Crippen LogP contribution in [0, 0.1) is 0 Å². The number of nitrogens with zero attached hydrogens (tertiary/aromatic N) is 1. The first kappa shape index (κ1) is 12.7. The lowest BCUT2D eigenvalue weighted by Crippen LogP contribution is -1.93. The maximum Gasteiger partial charge on any atom is 0.119 e. The zero-order valence-electron chi connectivity index (χ0n) is 9.65. The van der Waals surface area contributed by atoms with Gasteiger partial charge in [0, 0.05) is 22.0 Å². The summed E-state index contributed by atoms with van der Waals surface area (Å²) in [5, 5.41) is 3.12. The van der Waals surface area contributed by atoms with E-state index in [-0.39, 0.29) is 0 Å². The van der Waals surface area contributed by atoms with E-state index in [9.17, 15) is 0 Å². The van der Waals surface area contributed by atoms with E-state index in [0.29, 0.717) is 6.61 Å². The van der Waals surface area contributed by atoms with Crippen LogP contribution >= 0.6 is 27.3 Å². The molecule has 2 nitrogen and oxygen atoms in total. The fourth-order valence-corrected chi connectivity index (χ4v) is 2.44. The minimum Gasteiger partial charge on any atom is -0.374 e. The van der Waals surface area contributed by atoms with Gasteiger partial charge in [-0.05, 0) is 18.6 Å². The molecule has 1 heterocycles. The lowest BCUT2D eigenvalue weighted by molar-refractivity contribution is 0.121. The maximum atomic E-state index is 5.48. The Morgan fingerprint density at radius 2 is 2.06 bits per heavy atom. The minimum atomic E-state index is 0.620. The first-order chi connectivity index (χ1) is 8.29. The second-order valence-electron chi connectivity index (χ2n) is 3.69. The standard InChI is InChI=1S/C13H14BrNOS/c1-2-7-16-8-13-15-12(9-17-13)10-3-5-11(14)6-4-10/h3-6,9H,2,7-8H2,1H3. The van der Waals surface area contributed by atoms with Gasteiger partial charge in [-0.15, -0.1) is 11.3 Å². The van der Waals surface area contributed by atoms with Crippen molar-refractivity contribution in [2.24, 2.45) is 0 Å². The third-order valence-corrected chi connectivity index (χ3v) is 3.62. The summed E-state index contributed by atoms with van der Waals surface area (Å²) in [5.41, 5.74) is 2.17. The van der Waals surface area contributed by atoms with Crippen LogP contribution in [0.4, 0.5) is 0 Å². The Labute approximate surface area is 114 Å². The van der Waals surface area contributed by atoms with Crippen molar-refractivity contribution in [3.05, 3.63) is 39.1 Å². The molecule has 0 unspecified atom stereocenters. The van der Waals surface area contributed by atoms with Gasteiger partial charge < -0.3 is 4.74 Å². The first-order valence-electron chi connectivity index (χ1n) is 5.57. The molecule has 0 spiro atoms. The number of thiazole rings is 1. The molecule has 0 saturated carbocycles. The normalized spacial score (nSPS) is 10.7. The van der Waals surface area contributed by atoms with E-state index in [4.69, 9.17) is 4.74 Å². The molecule has 0 bridgehead atoms. The van der Waals surface area contributed by atoms with Crippen molar-refractivity contribution in [1.29, 1.82) is 0 Å². The van der Waals surface area contributed by atoms with Gasteiger partial charge in [0.15, 0.2) is 0 Å². The van der Waals surface area contributed by atoms with Crippen LogP contribution in [0.2, 0.25) is 0 Å². The number of benzene rings is 1. The van der Waals surface area contributed by atoms with E-state index in [2.05, 4.69) is 45.4 Å². The summed E-state index contributed by atoms with van der Waals surface area (Å²) >= 11 is 5.08. The second-order valence-corrected chi connectivity index (χ2v) is 5.54. The molecule has 90 valence electrons. The Bertz CT molecular complexity index is 467. The molecular formula is C13H14BrNOS. The number of ether oxygens (including phenoxy) is 1. The van der Waals surface area contributed by atoms with Crippen molar-refractivity contribution in [3.63, 3.8) is 0 Å². The van der Waals surface area contributed by atoms with Gasteiger partial charge in [0.2, 0.25) is 0 Å². The van der Waals surface area contributed by atoms with Crippen LogP contribution in [0.25, 0.3) is 11.3 Å². The number of hydrogen-bond acceptors (Lipinski definition) is 3. The van der Waals surface area contributed by atoms with Crippen LogP contribution in [-0.2, 0) is 11.3 Å². The lowest BCUT2D eigenvalue weighted by Gasteiger charge is -1.98. The molecule has 0 aliphatic rings. The topological polar surface area (TPSA) is 22.1 Å². The molecule has 4 heteroatoms. The molecule has 0 radical (unpaired) electrons. The van der Waals surface area contributed by atoms with Gasteiger partial charge in [0.25, 0.3) is 0 Å². The number of hydrogen-bond donors (Lipinski definition) is 0. The van der Waals surface area contributed by atoms with Gasteiger partial charge in [0.05, 0.1) is 12.3 Å². The number of aromatic nitrogens is 1. The smallest absolute Gasteiger partial charge is 0.119 e. The fourth-order valence-electron chi connectivity index (χ4n) is 1.43. The average molecular weight is 312 g/mol. The zero-order chi connectivity index (χ0) is 12.1. The first-order valence-corrected chi connectivity index (χ1v) is 7.25. The number of rotatable bonds is 5. The Kier molecular flexibility index (Phi) is 4.71. The van der Waals surface area contributed by atoms with Gasteiger partial charge in [0.1, 0.15) is 5.01 Å². The molecular weight excluding hydrogens is 298 g/mol.